The number of quaternary nitrogens is 2. The lowest BCUT2D eigenvalue weighted by molar-refractivity contribution is -0.870. The normalized spacial score (nSPS) is 11.2. The summed E-state index contributed by atoms with van der Waals surface area (Å²) in [7, 11) is 12.4. The number of hydrogen-bond donors (Lipinski definition) is 0. The molecule has 0 amide bonds. The lowest BCUT2D eigenvalue weighted by Crippen LogP contribution is -2.37. The third-order valence-corrected chi connectivity index (χ3v) is 2.13. The maximum absolute atomic E-state index is 10.3. The second-order valence-electron chi connectivity index (χ2n) is 6.71. The van der Waals surface area contributed by atoms with Crippen LogP contribution in [0.25, 0.3) is 0 Å². The first-order valence-electron chi connectivity index (χ1n) is 6.71. The van der Waals surface area contributed by atoms with Gasteiger partial charge in [0.05, 0.1) is 42.3 Å². The Hall–Kier alpha value is -1.14. The number of nitrogens with zero attached hydrogens (tertiary/aromatic N) is 2. The number of carbonyl (C=O) groups is 2. The van der Waals surface area contributed by atoms with Crippen LogP contribution < -0.4 is 0 Å². The number of carbonyl (C=O) groups excluding carboxylic acids is 2. The van der Waals surface area contributed by atoms with Gasteiger partial charge in [0.1, 0.15) is 26.3 Å². The van der Waals surface area contributed by atoms with E-state index in [0.29, 0.717) is 13.2 Å². The molecule has 0 aliphatic carbocycles. The second-order valence-corrected chi connectivity index (χ2v) is 6.71. The Bertz CT molecular complexity index is 261. The molecule has 0 radical (unpaired) electrons. The van der Waals surface area contributed by atoms with Crippen LogP contribution in [0.1, 0.15) is 13.8 Å². The van der Waals surface area contributed by atoms with Crippen molar-refractivity contribution in [3.8, 4) is 0 Å². The zero-order valence-corrected chi connectivity index (χ0v) is 14.4. The summed E-state index contributed by atoms with van der Waals surface area (Å²) < 4.78 is 11.2. The predicted octanol–water partition coefficient (Wildman–Crippen LogP) is 0.511. The van der Waals surface area contributed by atoms with Crippen molar-refractivity contribution < 1.29 is 28.0 Å². The van der Waals surface area contributed by atoms with Gasteiger partial charge in [-0.3, -0.25) is 9.59 Å². The summed E-state index contributed by atoms with van der Waals surface area (Å²) in [6.07, 6.45) is 0. The van der Waals surface area contributed by atoms with Gasteiger partial charge in [0, 0.05) is 13.8 Å². The largest absolute Gasteiger partial charge is 0.460 e. The van der Waals surface area contributed by atoms with Gasteiger partial charge in [0.25, 0.3) is 0 Å². The van der Waals surface area contributed by atoms with Gasteiger partial charge in [-0.25, -0.2) is 0 Å². The minimum absolute atomic E-state index is 0.201. The predicted molar refractivity (Wildman–Crippen MR) is 79.1 cm³/mol. The van der Waals surface area contributed by atoms with E-state index < -0.39 is 0 Å². The van der Waals surface area contributed by atoms with Gasteiger partial charge in [-0.2, -0.15) is 0 Å². The summed E-state index contributed by atoms with van der Waals surface area (Å²) in [5, 5.41) is 0. The van der Waals surface area contributed by atoms with Gasteiger partial charge in [0.15, 0.2) is 0 Å². The standard InChI is InChI=1S/2C7H16NO2/c2*1-7(9)10-6-5-8(2,3)4/h2*5-6H2,1-4H3/q2*+1. The van der Waals surface area contributed by atoms with Gasteiger partial charge < -0.3 is 18.4 Å². The molecular formula is C14H32N2O4+2. The Labute approximate surface area is 123 Å². The van der Waals surface area contributed by atoms with Crippen molar-refractivity contribution in [3.05, 3.63) is 0 Å². The maximum atomic E-state index is 10.3. The smallest absolute Gasteiger partial charge is 0.302 e. The molecule has 0 aromatic heterocycles. The topological polar surface area (TPSA) is 52.6 Å². The highest BCUT2D eigenvalue weighted by molar-refractivity contribution is 5.66. The zero-order valence-electron chi connectivity index (χ0n) is 14.4. The fraction of sp³-hybridized carbons (Fsp3) is 0.857. The van der Waals surface area contributed by atoms with E-state index >= 15 is 0 Å². The summed E-state index contributed by atoms with van der Waals surface area (Å²) in [4.78, 5) is 20.6. The van der Waals surface area contributed by atoms with Crippen molar-refractivity contribution in [2.75, 3.05) is 68.6 Å². The number of esters is 2. The Morgan fingerprint density at radius 2 is 0.950 bits per heavy atom. The Morgan fingerprint density at radius 1 is 0.700 bits per heavy atom. The SMILES string of the molecule is CC(=O)OCC[N+](C)(C)C.CC(=O)OCC[N+](C)(C)C. The highest BCUT2D eigenvalue weighted by Gasteiger charge is 2.07. The van der Waals surface area contributed by atoms with Crippen LogP contribution in [0.5, 0.6) is 0 Å². The molecule has 0 bridgehead atoms. The summed E-state index contributed by atoms with van der Waals surface area (Å²) >= 11 is 0. The fourth-order valence-corrected chi connectivity index (χ4v) is 0.926. The molecule has 0 aromatic carbocycles. The number of ether oxygens (including phenoxy) is 2. The molecule has 0 aliphatic heterocycles. The van der Waals surface area contributed by atoms with E-state index in [1.165, 1.54) is 13.8 Å². The van der Waals surface area contributed by atoms with E-state index in [2.05, 4.69) is 42.3 Å². The Kier molecular flexibility index (Phi) is 10.3. The average Bonchev–Trinajstić information content (AvgIpc) is 2.12. The highest BCUT2D eigenvalue weighted by Crippen LogP contribution is 1.89. The van der Waals surface area contributed by atoms with Crippen LogP contribution in [0.15, 0.2) is 0 Å². The van der Waals surface area contributed by atoms with Crippen molar-refractivity contribution in [2.24, 2.45) is 0 Å². The monoisotopic (exact) mass is 292 g/mol. The van der Waals surface area contributed by atoms with Crippen LogP contribution in [-0.4, -0.2) is 89.5 Å². The molecule has 0 N–H and O–H groups in total. The van der Waals surface area contributed by atoms with Gasteiger partial charge in [-0.15, -0.1) is 0 Å². The van der Waals surface area contributed by atoms with Gasteiger partial charge in [-0.1, -0.05) is 0 Å². The zero-order chi connectivity index (χ0) is 16.4. The van der Waals surface area contributed by atoms with E-state index in [9.17, 15) is 9.59 Å². The number of likely N-dealkylation sites (N-methyl/N-ethyl adjacent to an activating group) is 2. The third-order valence-electron chi connectivity index (χ3n) is 2.13. The summed E-state index contributed by atoms with van der Waals surface area (Å²) in [6.45, 7) is 5.60. The van der Waals surface area contributed by atoms with Crippen molar-refractivity contribution in [2.45, 2.75) is 13.8 Å². The first-order chi connectivity index (χ1) is 8.83. The molecule has 6 heteroatoms. The lowest BCUT2D eigenvalue weighted by Gasteiger charge is -2.23. The van der Waals surface area contributed by atoms with E-state index in [0.717, 1.165) is 22.1 Å². The molecule has 0 heterocycles. The molecule has 0 aromatic rings. The molecule has 0 fully saturated rings. The van der Waals surface area contributed by atoms with Crippen LogP contribution in [0.3, 0.4) is 0 Å². The molecule has 120 valence electrons. The second kappa shape index (κ2) is 9.72. The van der Waals surface area contributed by atoms with Crippen LogP contribution in [-0.2, 0) is 19.1 Å². The van der Waals surface area contributed by atoms with Crippen LogP contribution in [0, 0.1) is 0 Å². The Morgan fingerprint density at radius 3 is 1.10 bits per heavy atom. The molecular weight excluding hydrogens is 260 g/mol. The molecule has 0 atom stereocenters. The molecule has 6 nitrogen and oxygen atoms in total. The van der Waals surface area contributed by atoms with Gasteiger partial charge in [-0.05, 0) is 0 Å². The lowest BCUT2D eigenvalue weighted by atomic mass is 10.5. The van der Waals surface area contributed by atoms with Crippen molar-refractivity contribution in [3.63, 3.8) is 0 Å². The van der Waals surface area contributed by atoms with Crippen molar-refractivity contribution in [1.29, 1.82) is 0 Å². The highest BCUT2D eigenvalue weighted by atomic mass is 16.5. The van der Waals surface area contributed by atoms with Crippen LogP contribution in [0.2, 0.25) is 0 Å². The van der Waals surface area contributed by atoms with Crippen molar-refractivity contribution >= 4 is 11.9 Å². The van der Waals surface area contributed by atoms with Crippen LogP contribution >= 0.6 is 0 Å². The van der Waals surface area contributed by atoms with E-state index in [4.69, 9.17) is 9.47 Å². The first-order valence-corrected chi connectivity index (χ1v) is 6.71. The van der Waals surface area contributed by atoms with Gasteiger partial charge >= 0.3 is 11.9 Å². The third kappa shape index (κ3) is 25.6. The van der Waals surface area contributed by atoms with Crippen molar-refractivity contribution in [1.82, 2.24) is 0 Å². The van der Waals surface area contributed by atoms with Crippen LogP contribution in [0.4, 0.5) is 0 Å². The Balaban J connectivity index is 0. The number of hydrogen-bond acceptors (Lipinski definition) is 4. The molecule has 0 rings (SSSR count). The van der Waals surface area contributed by atoms with E-state index in [1.807, 2.05) is 0 Å². The average molecular weight is 292 g/mol. The number of rotatable bonds is 6. The van der Waals surface area contributed by atoms with E-state index in [1.54, 1.807) is 0 Å². The minimum atomic E-state index is -0.201. The summed E-state index contributed by atoms with van der Waals surface area (Å²) in [5.41, 5.74) is 0. The molecule has 20 heavy (non-hydrogen) atoms. The molecule has 0 spiro atoms. The first kappa shape index (κ1) is 21.2. The molecule has 0 saturated carbocycles. The molecule has 0 saturated heterocycles. The summed E-state index contributed by atoms with van der Waals surface area (Å²) in [6, 6.07) is 0. The fourth-order valence-electron chi connectivity index (χ4n) is 0.926. The summed E-state index contributed by atoms with van der Waals surface area (Å²) in [5.74, 6) is -0.401. The maximum Gasteiger partial charge on any atom is 0.302 e. The van der Waals surface area contributed by atoms with Gasteiger partial charge in [0.2, 0.25) is 0 Å². The van der Waals surface area contributed by atoms with E-state index in [-0.39, 0.29) is 11.9 Å². The molecule has 0 unspecified atom stereocenters. The minimum Gasteiger partial charge on any atom is -0.460 e. The quantitative estimate of drug-likeness (QED) is 0.529. The molecule has 0 aliphatic rings.